The van der Waals surface area contributed by atoms with Crippen molar-refractivity contribution in [3.8, 4) is 5.75 Å². The van der Waals surface area contributed by atoms with Crippen LogP contribution in [0.2, 0.25) is 0 Å². The Kier molecular flexibility index (Phi) is 6.34. The van der Waals surface area contributed by atoms with Gasteiger partial charge in [-0.05, 0) is 31.5 Å². The number of carbonyl (C=O) groups excluding carboxylic acids is 2. The highest BCUT2D eigenvalue weighted by Crippen LogP contribution is 2.32. The van der Waals surface area contributed by atoms with E-state index in [0.29, 0.717) is 11.6 Å². The van der Waals surface area contributed by atoms with Crippen LogP contribution in [0.3, 0.4) is 0 Å². The maximum absolute atomic E-state index is 14.0. The summed E-state index contributed by atoms with van der Waals surface area (Å²) in [5.41, 5.74) is 2.13. The molecule has 0 unspecified atom stereocenters. The van der Waals surface area contributed by atoms with Crippen molar-refractivity contribution in [2.24, 2.45) is 0 Å². The molecule has 2 aromatic carbocycles. The second kappa shape index (κ2) is 8.94. The standard InChI is InChI=1S/C22H22F2N2O4/c1-4-29-21(27)19-17(12-30-18-10-9-15(23)11-16(18)24)26(3)22(28)25-20(19)14-7-5-13(2)6-8-14/h5-11,20H,4,12H2,1-3H3,(H,25,28)/t20-/m1/s1. The molecule has 0 bridgehead atoms. The summed E-state index contributed by atoms with van der Waals surface area (Å²) in [5, 5.41) is 2.79. The molecule has 2 aromatic rings. The van der Waals surface area contributed by atoms with E-state index in [0.717, 1.165) is 17.7 Å². The lowest BCUT2D eigenvalue weighted by Crippen LogP contribution is -2.48. The van der Waals surface area contributed by atoms with Gasteiger partial charge in [0.05, 0.1) is 23.9 Å². The van der Waals surface area contributed by atoms with Crippen molar-refractivity contribution in [2.75, 3.05) is 20.3 Å². The van der Waals surface area contributed by atoms with Crippen LogP contribution in [-0.4, -0.2) is 37.2 Å². The number of likely N-dealkylation sites (N-methyl/N-ethyl adjacent to an activating group) is 1. The normalized spacial score (nSPS) is 16.4. The lowest BCUT2D eigenvalue weighted by Gasteiger charge is -2.34. The molecule has 0 saturated carbocycles. The Morgan fingerprint density at radius 2 is 1.87 bits per heavy atom. The number of hydrogen-bond donors (Lipinski definition) is 1. The highest BCUT2D eigenvalue weighted by molar-refractivity contribution is 5.95. The molecule has 0 radical (unpaired) electrons. The smallest absolute Gasteiger partial charge is 0.338 e. The van der Waals surface area contributed by atoms with E-state index in [1.54, 1.807) is 6.92 Å². The van der Waals surface area contributed by atoms with Gasteiger partial charge in [-0.25, -0.2) is 18.4 Å². The molecule has 6 nitrogen and oxygen atoms in total. The van der Waals surface area contributed by atoms with Gasteiger partial charge in [0.1, 0.15) is 12.4 Å². The number of rotatable bonds is 6. The summed E-state index contributed by atoms with van der Waals surface area (Å²) in [5.74, 6) is -2.43. The van der Waals surface area contributed by atoms with Crippen molar-refractivity contribution in [2.45, 2.75) is 19.9 Å². The van der Waals surface area contributed by atoms with E-state index in [2.05, 4.69) is 5.32 Å². The Balaban J connectivity index is 2.03. The minimum atomic E-state index is -0.883. The summed E-state index contributed by atoms with van der Waals surface area (Å²) < 4.78 is 37.8. The first-order valence-electron chi connectivity index (χ1n) is 9.40. The van der Waals surface area contributed by atoms with Crippen LogP contribution >= 0.6 is 0 Å². The molecule has 1 aliphatic rings. The molecule has 3 rings (SSSR count). The highest BCUT2D eigenvalue weighted by atomic mass is 19.1. The van der Waals surface area contributed by atoms with Crippen LogP contribution in [0.1, 0.15) is 24.1 Å². The van der Waals surface area contributed by atoms with Crippen molar-refractivity contribution in [1.29, 1.82) is 0 Å². The summed E-state index contributed by atoms with van der Waals surface area (Å²) in [4.78, 5) is 26.6. The first-order chi connectivity index (χ1) is 14.3. The molecule has 0 aliphatic carbocycles. The zero-order valence-corrected chi connectivity index (χ0v) is 16.9. The van der Waals surface area contributed by atoms with Crippen molar-refractivity contribution >= 4 is 12.0 Å². The number of hydrogen-bond acceptors (Lipinski definition) is 4. The van der Waals surface area contributed by atoms with Gasteiger partial charge in [-0.3, -0.25) is 4.90 Å². The molecular formula is C22H22F2N2O4. The number of carbonyl (C=O) groups is 2. The zero-order chi connectivity index (χ0) is 21.8. The molecule has 8 heteroatoms. The van der Waals surface area contributed by atoms with Crippen LogP contribution in [0, 0.1) is 18.6 Å². The van der Waals surface area contributed by atoms with Gasteiger partial charge in [0.2, 0.25) is 0 Å². The molecule has 1 aliphatic heterocycles. The minimum Gasteiger partial charge on any atom is -0.484 e. The number of esters is 1. The predicted molar refractivity (Wildman–Crippen MR) is 106 cm³/mol. The Bertz CT molecular complexity index is 989. The average molecular weight is 416 g/mol. The molecular weight excluding hydrogens is 394 g/mol. The average Bonchev–Trinajstić information content (AvgIpc) is 2.70. The second-order valence-electron chi connectivity index (χ2n) is 6.80. The monoisotopic (exact) mass is 416 g/mol. The van der Waals surface area contributed by atoms with Crippen LogP contribution in [0.15, 0.2) is 53.7 Å². The molecule has 2 amide bonds. The van der Waals surface area contributed by atoms with Crippen molar-refractivity contribution in [3.05, 3.63) is 76.5 Å². The maximum Gasteiger partial charge on any atom is 0.338 e. The summed E-state index contributed by atoms with van der Waals surface area (Å²) in [6.45, 7) is 3.45. The summed E-state index contributed by atoms with van der Waals surface area (Å²) in [6, 6.07) is 9.05. The van der Waals surface area contributed by atoms with E-state index in [4.69, 9.17) is 9.47 Å². The van der Waals surface area contributed by atoms with Crippen LogP contribution < -0.4 is 10.1 Å². The molecule has 0 fully saturated rings. The van der Waals surface area contributed by atoms with E-state index < -0.39 is 29.7 Å². The van der Waals surface area contributed by atoms with Crippen molar-refractivity contribution < 1.29 is 27.8 Å². The Morgan fingerprint density at radius 3 is 2.50 bits per heavy atom. The largest absolute Gasteiger partial charge is 0.484 e. The minimum absolute atomic E-state index is 0.140. The van der Waals surface area contributed by atoms with E-state index in [-0.39, 0.29) is 30.2 Å². The molecule has 30 heavy (non-hydrogen) atoms. The van der Waals surface area contributed by atoms with Crippen LogP contribution in [-0.2, 0) is 9.53 Å². The summed E-state index contributed by atoms with van der Waals surface area (Å²) >= 11 is 0. The van der Waals surface area contributed by atoms with Gasteiger partial charge >= 0.3 is 12.0 Å². The van der Waals surface area contributed by atoms with Gasteiger partial charge in [-0.15, -0.1) is 0 Å². The van der Waals surface area contributed by atoms with Crippen molar-refractivity contribution in [1.82, 2.24) is 10.2 Å². The lowest BCUT2D eigenvalue weighted by atomic mass is 9.94. The number of amides is 2. The number of nitrogens with zero attached hydrogens (tertiary/aromatic N) is 1. The van der Waals surface area contributed by atoms with Gasteiger partial charge < -0.3 is 14.8 Å². The maximum atomic E-state index is 14.0. The fourth-order valence-corrected chi connectivity index (χ4v) is 3.13. The second-order valence-corrected chi connectivity index (χ2v) is 6.80. The van der Waals surface area contributed by atoms with Gasteiger partial charge in [-0.1, -0.05) is 29.8 Å². The van der Waals surface area contributed by atoms with E-state index in [1.807, 2.05) is 31.2 Å². The first kappa shape index (κ1) is 21.3. The Hall–Kier alpha value is -3.42. The van der Waals surface area contributed by atoms with E-state index in [1.165, 1.54) is 11.9 Å². The highest BCUT2D eigenvalue weighted by Gasteiger charge is 2.37. The first-order valence-corrected chi connectivity index (χ1v) is 9.40. The number of nitrogens with one attached hydrogen (secondary N) is 1. The number of ether oxygens (including phenoxy) is 2. The quantitative estimate of drug-likeness (QED) is 0.726. The van der Waals surface area contributed by atoms with Crippen LogP contribution in [0.5, 0.6) is 5.75 Å². The predicted octanol–water partition coefficient (Wildman–Crippen LogP) is 3.87. The lowest BCUT2D eigenvalue weighted by molar-refractivity contribution is -0.139. The molecule has 0 spiro atoms. The number of benzene rings is 2. The fourth-order valence-electron chi connectivity index (χ4n) is 3.13. The van der Waals surface area contributed by atoms with Gasteiger partial charge in [0.25, 0.3) is 0 Å². The van der Waals surface area contributed by atoms with Crippen LogP contribution in [0.25, 0.3) is 0 Å². The zero-order valence-electron chi connectivity index (χ0n) is 16.9. The third-order valence-corrected chi connectivity index (χ3v) is 4.74. The summed E-state index contributed by atoms with van der Waals surface area (Å²) in [6.07, 6.45) is 0. The third kappa shape index (κ3) is 4.42. The molecule has 158 valence electrons. The van der Waals surface area contributed by atoms with Gasteiger partial charge in [0.15, 0.2) is 11.6 Å². The number of urea groups is 1. The molecule has 0 saturated heterocycles. The Labute approximate surface area is 173 Å². The molecule has 1 N–H and O–H groups in total. The van der Waals surface area contributed by atoms with Crippen LogP contribution in [0.4, 0.5) is 13.6 Å². The van der Waals surface area contributed by atoms with E-state index in [9.17, 15) is 18.4 Å². The number of halogens is 2. The molecule has 1 atom stereocenters. The number of aryl methyl sites for hydroxylation is 1. The fraction of sp³-hybridized carbons (Fsp3) is 0.273. The van der Waals surface area contributed by atoms with E-state index >= 15 is 0 Å². The topological polar surface area (TPSA) is 67.9 Å². The Morgan fingerprint density at radius 1 is 1.17 bits per heavy atom. The molecule has 0 aromatic heterocycles. The van der Waals surface area contributed by atoms with Crippen molar-refractivity contribution in [3.63, 3.8) is 0 Å². The molecule has 1 heterocycles. The van der Waals surface area contributed by atoms with Gasteiger partial charge in [-0.2, -0.15) is 0 Å². The SMILES string of the molecule is CCOC(=O)C1=C(COc2ccc(F)cc2F)N(C)C(=O)N[C@@H]1c1ccc(C)cc1. The third-order valence-electron chi connectivity index (χ3n) is 4.74. The summed E-state index contributed by atoms with van der Waals surface area (Å²) in [7, 11) is 1.47. The van der Waals surface area contributed by atoms with Gasteiger partial charge in [0, 0.05) is 13.1 Å².